The standard InChI is InChI=1S/C5H13NO3/c1-7-5(3-6)4-9-8-2/h5H,3-4,6H2,1-2H3. The van der Waals surface area contributed by atoms with Crippen LogP contribution in [0.5, 0.6) is 0 Å². The van der Waals surface area contributed by atoms with Gasteiger partial charge in [0.2, 0.25) is 0 Å². The Bertz CT molecular complexity index is 56.2. The Morgan fingerprint density at radius 3 is 2.44 bits per heavy atom. The average Bonchev–Trinajstić information content (AvgIpc) is 1.91. The predicted octanol–water partition coefficient (Wildman–Crippen LogP) is -0.462. The van der Waals surface area contributed by atoms with E-state index in [0.29, 0.717) is 13.2 Å². The van der Waals surface area contributed by atoms with Crippen LogP contribution in [0.1, 0.15) is 0 Å². The molecule has 0 aromatic carbocycles. The number of ether oxygens (including phenoxy) is 1. The van der Waals surface area contributed by atoms with Gasteiger partial charge in [-0.05, 0) is 0 Å². The predicted molar refractivity (Wildman–Crippen MR) is 32.8 cm³/mol. The number of rotatable bonds is 5. The maximum Gasteiger partial charge on any atom is 0.110 e. The van der Waals surface area contributed by atoms with E-state index in [1.165, 1.54) is 7.11 Å². The molecule has 1 atom stereocenters. The molecule has 0 aliphatic heterocycles. The fraction of sp³-hybridized carbons (Fsp3) is 1.00. The van der Waals surface area contributed by atoms with Crippen LogP contribution in [0.2, 0.25) is 0 Å². The minimum atomic E-state index is -0.0649. The molecule has 0 aromatic rings. The quantitative estimate of drug-likeness (QED) is 0.409. The second kappa shape index (κ2) is 5.97. The smallest absolute Gasteiger partial charge is 0.110 e. The molecule has 0 fully saturated rings. The Morgan fingerprint density at radius 1 is 1.44 bits per heavy atom. The van der Waals surface area contributed by atoms with E-state index in [1.54, 1.807) is 7.11 Å². The molecule has 2 N–H and O–H groups in total. The molecule has 4 nitrogen and oxygen atoms in total. The Morgan fingerprint density at radius 2 is 2.11 bits per heavy atom. The van der Waals surface area contributed by atoms with Gasteiger partial charge in [-0.2, -0.15) is 0 Å². The molecule has 0 rings (SSSR count). The zero-order chi connectivity index (χ0) is 7.11. The van der Waals surface area contributed by atoms with Crippen LogP contribution in [-0.2, 0) is 14.5 Å². The summed E-state index contributed by atoms with van der Waals surface area (Å²) in [4.78, 5) is 8.91. The molecule has 56 valence electrons. The molecule has 0 amide bonds. The molecule has 1 unspecified atom stereocenters. The maximum atomic E-state index is 5.26. The summed E-state index contributed by atoms with van der Waals surface area (Å²) >= 11 is 0. The number of hydrogen-bond donors (Lipinski definition) is 1. The second-order valence-corrected chi connectivity index (χ2v) is 1.54. The minimum absolute atomic E-state index is 0.0649. The van der Waals surface area contributed by atoms with Crippen LogP contribution in [0.25, 0.3) is 0 Å². The van der Waals surface area contributed by atoms with Gasteiger partial charge in [-0.15, -0.1) is 0 Å². The lowest BCUT2D eigenvalue weighted by atomic mass is 10.4. The Labute approximate surface area is 54.8 Å². The lowest BCUT2D eigenvalue weighted by molar-refractivity contribution is -0.285. The van der Waals surface area contributed by atoms with Crippen LogP contribution >= 0.6 is 0 Å². The Hall–Kier alpha value is -0.160. The van der Waals surface area contributed by atoms with Gasteiger partial charge in [0.1, 0.15) is 6.61 Å². The van der Waals surface area contributed by atoms with Crippen molar-refractivity contribution in [2.24, 2.45) is 5.73 Å². The van der Waals surface area contributed by atoms with Crippen molar-refractivity contribution in [2.75, 3.05) is 27.4 Å². The molecule has 0 heterocycles. The van der Waals surface area contributed by atoms with Gasteiger partial charge in [0.15, 0.2) is 0 Å². The lowest BCUT2D eigenvalue weighted by Crippen LogP contribution is -2.27. The van der Waals surface area contributed by atoms with Gasteiger partial charge in [0, 0.05) is 13.7 Å². The maximum absolute atomic E-state index is 5.26. The SMILES string of the molecule is COOCC(CN)OC. The van der Waals surface area contributed by atoms with Crippen LogP contribution in [0, 0.1) is 0 Å². The molecular formula is C5H13NO3. The van der Waals surface area contributed by atoms with Crippen molar-refractivity contribution < 1.29 is 14.5 Å². The summed E-state index contributed by atoms with van der Waals surface area (Å²) in [5, 5.41) is 0. The van der Waals surface area contributed by atoms with Crippen LogP contribution in [-0.4, -0.2) is 33.5 Å². The summed E-state index contributed by atoms with van der Waals surface area (Å²) in [7, 11) is 3.03. The highest BCUT2D eigenvalue weighted by atomic mass is 17.2. The molecule has 9 heavy (non-hydrogen) atoms. The number of hydrogen-bond acceptors (Lipinski definition) is 4. The molecule has 0 saturated carbocycles. The van der Waals surface area contributed by atoms with Crippen molar-refractivity contribution in [3.8, 4) is 0 Å². The fourth-order valence-electron chi connectivity index (χ4n) is 0.376. The zero-order valence-electron chi connectivity index (χ0n) is 5.79. The van der Waals surface area contributed by atoms with Crippen molar-refractivity contribution in [1.29, 1.82) is 0 Å². The first kappa shape index (κ1) is 8.84. The van der Waals surface area contributed by atoms with Gasteiger partial charge < -0.3 is 10.5 Å². The monoisotopic (exact) mass is 135 g/mol. The summed E-state index contributed by atoms with van der Waals surface area (Å²) in [6.45, 7) is 0.823. The molecular weight excluding hydrogens is 122 g/mol. The molecule has 0 spiro atoms. The van der Waals surface area contributed by atoms with Crippen molar-refractivity contribution >= 4 is 0 Å². The van der Waals surface area contributed by atoms with Crippen molar-refractivity contribution in [3.05, 3.63) is 0 Å². The largest absolute Gasteiger partial charge is 0.378 e. The Kier molecular flexibility index (Phi) is 5.86. The third-order valence-electron chi connectivity index (χ3n) is 0.968. The minimum Gasteiger partial charge on any atom is -0.378 e. The first-order valence-electron chi connectivity index (χ1n) is 2.73. The van der Waals surface area contributed by atoms with Crippen molar-refractivity contribution in [3.63, 3.8) is 0 Å². The average molecular weight is 135 g/mol. The summed E-state index contributed by atoms with van der Waals surface area (Å²) < 4.78 is 4.87. The van der Waals surface area contributed by atoms with E-state index in [2.05, 4.69) is 9.78 Å². The molecule has 0 aliphatic carbocycles. The molecule has 4 heteroatoms. The topological polar surface area (TPSA) is 53.7 Å². The van der Waals surface area contributed by atoms with Crippen molar-refractivity contribution in [2.45, 2.75) is 6.10 Å². The van der Waals surface area contributed by atoms with Gasteiger partial charge in [0.05, 0.1) is 13.2 Å². The molecule has 0 bridgehead atoms. The van der Waals surface area contributed by atoms with E-state index in [-0.39, 0.29) is 6.10 Å². The van der Waals surface area contributed by atoms with E-state index in [1.807, 2.05) is 0 Å². The van der Waals surface area contributed by atoms with Gasteiger partial charge >= 0.3 is 0 Å². The van der Waals surface area contributed by atoms with Gasteiger partial charge in [-0.1, -0.05) is 0 Å². The third kappa shape index (κ3) is 4.35. The van der Waals surface area contributed by atoms with E-state index >= 15 is 0 Å². The fourth-order valence-corrected chi connectivity index (χ4v) is 0.376. The molecule has 0 saturated heterocycles. The van der Waals surface area contributed by atoms with Crippen LogP contribution < -0.4 is 5.73 Å². The molecule has 0 aliphatic rings. The summed E-state index contributed by atoms with van der Waals surface area (Å²) in [6.07, 6.45) is -0.0649. The van der Waals surface area contributed by atoms with E-state index < -0.39 is 0 Å². The number of nitrogens with two attached hydrogens (primary N) is 1. The first-order chi connectivity index (χ1) is 4.35. The normalized spacial score (nSPS) is 13.7. The third-order valence-corrected chi connectivity index (χ3v) is 0.968. The van der Waals surface area contributed by atoms with Gasteiger partial charge in [-0.25, -0.2) is 9.78 Å². The van der Waals surface area contributed by atoms with Crippen LogP contribution in [0.15, 0.2) is 0 Å². The molecule has 0 radical (unpaired) electrons. The highest BCUT2D eigenvalue weighted by Gasteiger charge is 2.02. The van der Waals surface area contributed by atoms with E-state index in [4.69, 9.17) is 10.5 Å². The second-order valence-electron chi connectivity index (χ2n) is 1.54. The highest BCUT2D eigenvalue weighted by Crippen LogP contribution is 1.87. The van der Waals surface area contributed by atoms with Crippen molar-refractivity contribution in [1.82, 2.24) is 0 Å². The van der Waals surface area contributed by atoms with E-state index in [0.717, 1.165) is 0 Å². The zero-order valence-corrected chi connectivity index (χ0v) is 5.79. The summed E-state index contributed by atoms with van der Waals surface area (Å²) in [5.41, 5.74) is 5.26. The summed E-state index contributed by atoms with van der Waals surface area (Å²) in [5.74, 6) is 0. The van der Waals surface area contributed by atoms with E-state index in [9.17, 15) is 0 Å². The summed E-state index contributed by atoms with van der Waals surface area (Å²) in [6, 6.07) is 0. The van der Waals surface area contributed by atoms with Crippen LogP contribution in [0.4, 0.5) is 0 Å². The lowest BCUT2D eigenvalue weighted by Gasteiger charge is -2.10. The highest BCUT2D eigenvalue weighted by molar-refractivity contribution is 4.53. The first-order valence-corrected chi connectivity index (χ1v) is 2.73. The number of methoxy groups -OCH3 is 1. The molecule has 0 aromatic heterocycles. The van der Waals surface area contributed by atoms with Gasteiger partial charge in [-0.3, -0.25) is 0 Å². The van der Waals surface area contributed by atoms with Gasteiger partial charge in [0.25, 0.3) is 0 Å². The Balaban J connectivity index is 3.09. The van der Waals surface area contributed by atoms with Crippen LogP contribution in [0.3, 0.4) is 0 Å².